The van der Waals surface area contributed by atoms with E-state index in [0.29, 0.717) is 22.7 Å². The lowest BCUT2D eigenvalue weighted by molar-refractivity contribution is -0.147. The standard InChI is InChI=1S/C18H18N4O3/c1-4-24-17(23)18(12-8-6-5-7-9-12)13(10-19)15(20)25-16-14(18)11(2)21-22(16)3/h5-9H,4,20H2,1-3H3. The van der Waals surface area contributed by atoms with Crippen LogP contribution in [-0.4, -0.2) is 22.4 Å². The zero-order valence-corrected chi connectivity index (χ0v) is 14.2. The molecule has 1 unspecified atom stereocenters. The van der Waals surface area contributed by atoms with Gasteiger partial charge in [-0.15, -0.1) is 0 Å². The van der Waals surface area contributed by atoms with Gasteiger partial charge in [0.1, 0.15) is 11.6 Å². The zero-order valence-electron chi connectivity index (χ0n) is 14.2. The van der Waals surface area contributed by atoms with E-state index in [1.807, 2.05) is 6.07 Å². The number of nitrogens with zero attached hydrogens (tertiary/aromatic N) is 3. The number of nitriles is 1. The maximum Gasteiger partial charge on any atom is 0.326 e. The molecule has 0 saturated carbocycles. The first-order valence-corrected chi connectivity index (χ1v) is 7.83. The molecule has 128 valence electrons. The molecule has 1 aromatic heterocycles. The highest BCUT2D eigenvalue weighted by Crippen LogP contribution is 2.49. The Morgan fingerprint density at radius 1 is 1.44 bits per heavy atom. The van der Waals surface area contributed by atoms with Gasteiger partial charge in [0.25, 0.3) is 0 Å². The van der Waals surface area contributed by atoms with Crippen LogP contribution < -0.4 is 10.5 Å². The van der Waals surface area contributed by atoms with Crippen LogP contribution in [0.4, 0.5) is 0 Å². The zero-order chi connectivity index (χ0) is 18.2. The largest absolute Gasteiger partial charge is 0.465 e. The van der Waals surface area contributed by atoms with Crippen molar-refractivity contribution in [2.45, 2.75) is 19.3 Å². The average molecular weight is 338 g/mol. The third-order valence-electron chi connectivity index (χ3n) is 4.27. The minimum Gasteiger partial charge on any atom is -0.465 e. The highest BCUT2D eigenvalue weighted by Gasteiger charge is 2.55. The fourth-order valence-corrected chi connectivity index (χ4v) is 3.33. The molecule has 2 aromatic rings. The third-order valence-corrected chi connectivity index (χ3v) is 4.27. The summed E-state index contributed by atoms with van der Waals surface area (Å²) in [6.45, 7) is 3.64. The van der Waals surface area contributed by atoms with E-state index in [1.54, 1.807) is 45.2 Å². The second-order valence-corrected chi connectivity index (χ2v) is 5.68. The summed E-state index contributed by atoms with van der Waals surface area (Å²) in [5, 5.41) is 14.1. The molecule has 0 radical (unpaired) electrons. The van der Waals surface area contributed by atoms with E-state index in [0.717, 1.165) is 0 Å². The number of fused-ring (bicyclic) bond motifs is 1. The van der Waals surface area contributed by atoms with Crippen molar-refractivity contribution in [3.63, 3.8) is 0 Å². The van der Waals surface area contributed by atoms with Gasteiger partial charge in [-0.3, -0.25) is 4.79 Å². The van der Waals surface area contributed by atoms with Gasteiger partial charge < -0.3 is 15.2 Å². The Bertz CT molecular complexity index is 908. The molecule has 0 bridgehead atoms. The topological polar surface area (TPSA) is 103 Å². The molecule has 0 spiro atoms. The van der Waals surface area contributed by atoms with Crippen LogP contribution >= 0.6 is 0 Å². The first-order chi connectivity index (χ1) is 12.0. The van der Waals surface area contributed by atoms with Crippen LogP contribution in [-0.2, 0) is 22.0 Å². The molecule has 3 rings (SSSR count). The number of esters is 1. The summed E-state index contributed by atoms with van der Waals surface area (Å²) < 4.78 is 12.5. The van der Waals surface area contributed by atoms with Crippen LogP contribution in [0.1, 0.15) is 23.7 Å². The van der Waals surface area contributed by atoms with Crippen molar-refractivity contribution < 1.29 is 14.3 Å². The monoisotopic (exact) mass is 338 g/mol. The molecule has 0 saturated heterocycles. The van der Waals surface area contributed by atoms with Gasteiger partial charge in [-0.1, -0.05) is 30.3 Å². The Hall–Kier alpha value is -3.27. The van der Waals surface area contributed by atoms with E-state index in [-0.39, 0.29) is 18.1 Å². The SMILES string of the molecule is CCOC(=O)C1(c2ccccc2)C(C#N)=C(N)Oc2c1c(C)nn2C. The second kappa shape index (κ2) is 5.98. The van der Waals surface area contributed by atoms with Crippen LogP contribution in [0, 0.1) is 18.3 Å². The van der Waals surface area contributed by atoms with E-state index >= 15 is 0 Å². The maximum atomic E-state index is 13.2. The molecule has 0 fully saturated rings. The Morgan fingerprint density at radius 3 is 2.72 bits per heavy atom. The van der Waals surface area contributed by atoms with Crippen LogP contribution in [0.2, 0.25) is 0 Å². The van der Waals surface area contributed by atoms with E-state index < -0.39 is 11.4 Å². The summed E-state index contributed by atoms with van der Waals surface area (Å²) in [6.07, 6.45) is 0. The molecule has 1 aliphatic heterocycles. The summed E-state index contributed by atoms with van der Waals surface area (Å²) in [5.41, 5.74) is 6.12. The molecular weight excluding hydrogens is 320 g/mol. The molecule has 0 aliphatic carbocycles. The lowest BCUT2D eigenvalue weighted by Crippen LogP contribution is -2.45. The molecular formula is C18H18N4O3. The average Bonchev–Trinajstić information content (AvgIpc) is 2.88. The lowest BCUT2D eigenvalue weighted by atomic mass is 9.68. The van der Waals surface area contributed by atoms with Crippen LogP contribution in [0.15, 0.2) is 41.8 Å². The summed E-state index contributed by atoms with van der Waals surface area (Å²) in [5.74, 6) is -0.387. The van der Waals surface area contributed by atoms with E-state index in [1.165, 1.54) is 4.68 Å². The number of hydrogen-bond donors (Lipinski definition) is 1. The van der Waals surface area contributed by atoms with Gasteiger partial charge in [0.05, 0.1) is 17.9 Å². The van der Waals surface area contributed by atoms with Crippen molar-refractivity contribution in [1.82, 2.24) is 9.78 Å². The minimum atomic E-state index is -1.51. The fourth-order valence-electron chi connectivity index (χ4n) is 3.33. The number of rotatable bonds is 3. The third kappa shape index (κ3) is 2.18. The van der Waals surface area contributed by atoms with Gasteiger partial charge >= 0.3 is 5.97 Å². The predicted molar refractivity (Wildman–Crippen MR) is 89.3 cm³/mol. The van der Waals surface area contributed by atoms with Crippen molar-refractivity contribution in [2.24, 2.45) is 12.8 Å². The number of benzene rings is 1. The predicted octanol–water partition coefficient (Wildman–Crippen LogP) is 1.66. The number of hydrogen-bond acceptors (Lipinski definition) is 6. The molecule has 1 aliphatic rings. The Morgan fingerprint density at radius 2 is 2.12 bits per heavy atom. The molecule has 1 aromatic carbocycles. The van der Waals surface area contributed by atoms with E-state index in [4.69, 9.17) is 15.2 Å². The lowest BCUT2D eigenvalue weighted by Gasteiger charge is -2.35. The number of aryl methyl sites for hydroxylation is 2. The highest BCUT2D eigenvalue weighted by molar-refractivity contribution is 5.95. The maximum absolute atomic E-state index is 13.2. The molecule has 1 atom stereocenters. The number of nitrogens with two attached hydrogens (primary N) is 1. The van der Waals surface area contributed by atoms with Crippen molar-refractivity contribution in [2.75, 3.05) is 6.61 Å². The number of ether oxygens (including phenoxy) is 2. The van der Waals surface area contributed by atoms with Gasteiger partial charge in [-0.25, -0.2) is 4.68 Å². The summed E-state index contributed by atoms with van der Waals surface area (Å²) in [7, 11) is 1.69. The Kier molecular flexibility index (Phi) is 3.97. The smallest absolute Gasteiger partial charge is 0.326 e. The highest BCUT2D eigenvalue weighted by atomic mass is 16.5. The normalized spacial score (nSPS) is 19.0. The van der Waals surface area contributed by atoms with Crippen molar-refractivity contribution in [1.29, 1.82) is 5.26 Å². The number of aromatic nitrogens is 2. The van der Waals surface area contributed by atoms with Gasteiger partial charge in [-0.2, -0.15) is 10.4 Å². The van der Waals surface area contributed by atoms with E-state index in [9.17, 15) is 10.1 Å². The quantitative estimate of drug-likeness (QED) is 0.854. The second-order valence-electron chi connectivity index (χ2n) is 5.68. The summed E-state index contributed by atoms with van der Waals surface area (Å²) >= 11 is 0. The Labute approximate surface area is 145 Å². The van der Waals surface area contributed by atoms with Crippen LogP contribution in [0.5, 0.6) is 5.88 Å². The molecule has 2 heterocycles. The van der Waals surface area contributed by atoms with Gasteiger partial charge in [0, 0.05) is 7.05 Å². The molecule has 2 N–H and O–H groups in total. The van der Waals surface area contributed by atoms with Crippen molar-refractivity contribution in [3.8, 4) is 11.9 Å². The molecule has 7 heteroatoms. The van der Waals surface area contributed by atoms with Gasteiger partial charge in [0.15, 0.2) is 5.41 Å². The first kappa shape index (κ1) is 16.6. The molecule has 7 nitrogen and oxygen atoms in total. The van der Waals surface area contributed by atoms with Crippen molar-refractivity contribution >= 4 is 5.97 Å². The Balaban J connectivity index is 2.48. The number of carbonyl (C=O) groups excluding carboxylic acids is 1. The van der Waals surface area contributed by atoms with Gasteiger partial charge in [0.2, 0.25) is 11.8 Å². The van der Waals surface area contributed by atoms with E-state index in [2.05, 4.69) is 11.2 Å². The van der Waals surface area contributed by atoms with Crippen molar-refractivity contribution in [3.05, 3.63) is 58.6 Å². The fraction of sp³-hybridized carbons (Fsp3) is 0.278. The molecule has 25 heavy (non-hydrogen) atoms. The molecule has 0 amide bonds. The van der Waals surface area contributed by atoms with Crippen LogP contribution in [0.3, 0.4) is 0 Å². The number of carbonyl (C=O) groups is 1. The van der Waals surface area contributed by atoms with Gasteiger partial charge in [-0.05, 0) is 19.4 Å². The first-order valence-electron chi connectivity index (χ1n) is 7.83. The van der Waals surface area contributed by atoms with Crippen LogP contribution in [0.25, 0.3) is 0 Å². The minimum absolute atomic E-state index is 0.000694. The summed E-state index contributed by atoms with van der Waals surface area (Å²) in [4.78, 5) is 13.2. The summed E-state index contributed by atoms with van der Waals surface area (Å²) in [6, 6.07) is 11.0.